The highest BCUT2D eigenvalue weighted by Crippen LogP contribution is 2.19. The van der Waals surface area contributed by atoms with Crippen molar-refractivity contribution < 1.29 is 19.1 Å². The first-order valence-electron chi connectivity index (χ1n) is 11.3. The molecule has 3 amide bonds. The molecule has 2 N–H and O–H groups in total. The van der Waals surface area contributed by atoms with E-state index in [9.17, 15) is 14.4 Å². The van der Waals surface area contributed by atoms with Crippen molar-refractivity contribution in [3.63, 3.8) is 0 Å². The second kappa shape index (κ2) is 12.0. The largest absolute Gasteiger partial charge is 0.378 e. The smallest absolute Gasteiger partial charge is 0.251 e. The van der Waals surface area contributed by atoms with Gasteiger partial charge in [-0.2, -0.15) is 0 Å². The number of hydrogen-bond acceptors (Lipinski definition) is 5. The predicted molar refractivity (Wildman–Crippen MR) is 128 cm³/mol. The van der Waals surface area contributed by atoms with Crippen molar-refractivity contribution in [3.05, 3.63) is 59.7 Å². The highest BCUT2D eigenvalue weighted by atomic mass is 16.5. The van der Waals surface area contributed by atoms with Crippen LogP contribution >= 0.6 is 0 Å². The first-order valence-corrected chi connectivity index (χ1v) is 11.3. The van der Waals surface area contributed by atoms with Crippen LogP contribution in [0.1, 0.15) is 29.3 Å². The SMILES string of the molecule is CCN(CC(=O)Nc1ccc(N2CCOCC2)cc1)C(=O)CCNC(=O)c1ccccc1C. The molecule has 176 valence electrons. The van der Waals surface area contributed by atoms with Gasteiger partial charge in [-0.05, 0) is 49.7 Å². The van der Waals surface area contributed by atoms with E-state index >= 15 is 0 Å². The Labute approximate surface area is 194 Å². The number of carbonyl (C=O) groups excluding carboxylic acids is 3. The fourth-order valence-electron chi connectivity index (χ4n) is 3.69. The standard InChI is InChI=1S/C25H32N4O4/c1-3-28(24(31)12-13-26-25(32)22-7-5-4-6-19(22)2)18-23(30)27-20-8-10-21(11-9-20)29-14-16-33-17-15-29/h4-11H,3,12-18H2,1-2H3,(H,26,32)(H,27,30). The number of carbonyl (C=O) groups is 3. The zero-order valence-electron chi connectivity index (χ0n) is 19.3. The van der Waals surface area contributed by atoms with Crippen LogP contribution in [0.25, 0.3) is 0 Å². The van der Waals surface area contributed by atoms with Crippen LogP contribution in [0.2, 0.25) is 0 Å². The Morgan fingerprint density at radius 1 is 1.03 bits per heavy atom. The van der Waals surface area contributed by atoms with Crippen LogP contribution in [0.5, 0.6) is 0 Å². The fraction of sp³-hybridized carbons (Fsp3) is 0.400. The van der Waals surface area contributed by atoms with Crippen LogP contribution in [-0.2, 0) is 14.3 Å². The molecule has 0 spiro atoms. The molecule has 0 radical (unpaired) electrons. The molecule has 0 atom stereocenters. The predicted octanol–water partition coefficient (Wildman–Crippen LogP) is 2.44. The average Bonchev–Trinajstić information content (AvgIpc) is 2.83. The molecular formula is C25H32N4O4. The van der Waals surface area contributed by atoms with Gasteiger partial charge in [-0.3, -0.25) is 14.4 Å². The summed E-state index contributed by atoms with van der Waals surface area (Å²) in [5.41, 5.74) is 3.25. The second-order valence-corrected chi connectivity index (χ2v) is 7.92. The Kier molecular flexibility index (Phi) is 8.83. The molecule has 2 aromatic carbocycles. The lowest BCUT2D eigenvalue weighted by molar-refractivity contribution is -0.134. The molecule has 0 aliphatic carbocycles. The van der Waals surface area contributed by atoms with Crippen molar-refractivity contribution in [3.8, 4) is 0 Å². The van der Waals surface area contributed by atoms with Crippen molar-refractivity contribution in [2.75, 3.05) is 56.2 Å². The maximum Gasteiger partial charge on any atom is 0.251 e. The summed E-state index contributed by atoms with van der Waals surface area (Å²) in [6, 6.07) is 15.0. The van der Waals surface area contributed by atoms with Gasteiger partial charge in [0.2, 0.25) is 11.8 Å². The number of amides is 3. The van der Waals surface area contributed by atoms with Gasteiger partial charge in [0, 0.05) is 49.5 Å². The zero-order valence-corrected chi connectivity index (χ0v) is 19.3. The second-order valence-electron chi connectivity index (χ2n) is 7.92. The molecule has 1 saturated heterocycles. The van der Waals surface area contributed by atoms with Crippen molar-refractivity contribution in [2.24, 2.45) is 0 Å². The van der Waals surface area contributed by atoms with Crippen molar-refractivity contribution in [1.29, 1.82) is 0 Å². The van der Waals surface area contributed by atoms with E-state index in [1.54, 1.807) is 12.1 Å². The lowest BCUT2D eigenvalue weighted by atomic mass is 10.1. The third-order valence-corrected chi connectivity index (χ3v) is 5.61. The summed E-state index contributed by atoms with van der Waals surface area (Å²) in [6.45, 7) is 7.43. The third-order valence-electron chi connectivity index (χ3n) is 5.61. The molecule has 0 unspecified atom stereocenters. The van der Waals surface area contributed by atoms with Gasteiger partial charge in [-0.25, -0.2) is 0 Å². The van der Waals surface area contributed by atoms with Crippen LogP contribution in [-0.4, -0.2) is 68.6 Å². The maximum absolute atomic E-state index is 12.5. The van der Waals surface area contributed by atoms with Crippen LogP contribution in [0.15, 0.2) is 48.5 Å². The quantitative estimate of drug-likeness (QED) is 0.610. The van der Waals surface area contributed by atoms with Gasteiger partial charge < -0.3 is 25.2 Å². The molecule has 33 heavy (non-hydrogen) atoms. The lowest BCUT2D eigenvalue weighted by Crippen LogP contribution is -2.39. The number of likely N-dealkylation sites (N-methyl/N-ethyl adjacent to an activating group) is 1. The van der Waals surface area contributed by atoms with E-state index in [2.05, 4.69) is 15.5 Å². The number of aryl methyl sites for hydroxylation is 1. The molecule has 3 rings (SSSR count). The molecule has 0 bridgehead atoms. The molecule has 8 nitrogen and oxygen atoms in total. The molecule has 1 aliphatic heterocycles. The zero-order chi connectivity index (χ0) is 23.6. The van der Waals surface area contributed by atoms with Crippen molar-refractivity contribution in [1.82, 2.24) is 10.2 Å². The summed E-state index contributed by atoms with van der Waals surface area (Å²) in [4.78, 5) is 41.0. The summed E-state index contributed by atoms with van der Waals surface area (Å²) in [6.07, 6.45) is 0.132. The minimum Gasteiger partial charge on any atom is -0.378 e. The van der Waals surface area contributed by atoms with Crippen LogP contribution in [0, 0.1) is 6.92 Å². The lowest BCUT2D eigenvalue weighted by Gasteiger charge is -2.29. The van der Waals surface area contributed by atoms with Gasteiger partial charge in [0.15, 0.2) is 0 Å². The average molecular weight is 453 g/mol. The van der Waals surface area contributed by atoms with Gasteiger partial charge in [-0.15, -0.1) is 0 Å². The van der Waals surface area contributed by atoms with E-state index in [0.29, 0.717) is 17.8 Å². The van der Waals surface area contributed by atoms with Crippen LogP contribution < -0.4 is 15.5 Å². The van der Waals surface area contributed by atoms with Crippen molar-refractivity contribution in [2.45, 2.75) is 20.3 Å². The number of rotatable bonds is 9. The molecule has 8 heteroatoms. The fourth-order valence-corrected chi connectivity index (χ4v) is 3.69. The summed E-state index contributed by atoms with van der Waals surface area (Å²) in [5.74, 6) is -0.643. The number of morpholine rings is 1. The van der Waals surface area contributed by atoms with Crippen LogP contribution in [0.4, 0.5) is 11.4 Å². The first kappa shape index (κ1) is 24.3. The molecule has 0 aromatic heterocycles. The van der Waals surface area contributed by atoms with Crippen LogP contribution in [0.3, 0.4) is 0 Å². The molecule has 1 aliphatic rings. The molecule has 2 aromatic rings. The minimum atomic E-state index is -0.256. The Hall–Kier alpha value is -3.39. The van der Waals surface area contributed by atoms with Crippen molar-refractivity contribution >= 4 is 29.1 Å². The molecule has 0 saturated carbocycles. The Morgan fingerprint density at radius 2 is 1.73 bits per heavy atom. The summed E-state index contributed by atoms with van der Waals surface area (Å²) < 4.78 is 5.37. The van der Waals surface area contributed by atoms with E-state index in [1.165, 1.54) is 4.90 Å². The number of anilines is 2. The number of benzene rings is 2. The maximum atomic E-state index is 12.5. The number of nitrogens with one attached hydrogen (secondary N) is 2. The highest BCUT2D eigenvalue weighted by Gasteiger charge is 2.17. The topological polar surface area (TPSA) is 91.0 Å². The van der Waals surface area contributed by atoms with E-state index in [1.807, 2.05) is 50.2 Å². The Bertz CT molecular complexity index is 955. The first-order chi connectivity index (χ1) is 16.0. The van der Waals surface area contributed by atoms with E-state index < -0.39 is 0 Å². The summed E-state index contributed by atoms with van der Waals surface area (Å²) in [5, 5.41) is 5.62. The summed E-state index contributed by atoms with van der Waals surface area (Å²) in [7, 11) is 0. The normalized spacial score (nSPS) is 13.3. The summed E-state index contributed by atoms with van der Waals surface area (Å²) >= 11 is 0. The van der Waals surface area contributed by atoms with Gasteiger partial charge in [0.1, 0.15) is 0 Å². The number of hydrogen-bond donors (Lipinski definition) is 2. The van der Waals surface area contributed by atoms with E-state index in [-0.39, 0.29) is 37.2 Å². The molecular weight excluding hydrogens is 420 g/mol. The third kappa shape index (κ3) is 7.05. The number of nitrogens with zero attached hydrogens (tertiary/aromatic N) is 2. The highest BCUT2D eigenvalue weighted by molar-refractivity contribution is 5.96. The van der Waals surface area contributed by atoms with E-state index in [4.69, 9.17) is 4.74 Å². The Morgan fingerprint density at radius 3 is 2.39 bits per heavy atom. The van der Waals surface area contributed by atoms with Gasteiger partial charge in [0.05, 0.1) is 19.8 Å². The Balaban J connectivity index is 1.44. The van der Waals surface area contributed by atoms with E-state index in [0.717, 1.165) is 37.6 Å². The van der Waals surface area contributed by atoms with Gasteiger partial charge >= 0.3 is 0 Å². The molecule has 1 fully saturated rings. The number of ether oxygens (including phenoxy) is 1. The monoisotopic (exact) mass is 452 g/mol. The minimum absolute atomic E-state index is 0.0354. The van der Waals surface area contributed by atoms with Gasteiger partial charge in [0.25, 0.3) is 5.91 Å². The van der Waals surface area contributed by atoms with Gasteiger partial charge in [-0.1, -0.05) is 18.2 Å². The molecule has 1 heterocycles.